The molecule has 2 rings (SSSR count). The Labute approximate surface area is 135 Å². The van der Waals surface area contributed by atoms with Gasteiger partial charge in [0.15, 0.2) is 11.5 Å². The topological polar surface area (TPSA) is 56.5 Å². The first-order valence-electron chi connectivity index (χ1n) is 7.16. The van der Waals surface area contributed by atoms with Crippen LogP contribution < -0.4 is 0 Å². The van der Waals surface area contributed by atoms with E-state index in [4.69, 9.17) is 4.42 Å². The molecule has 0 saturated carbocycles. The van der Waals surface area contributed by atoms with Crippen LogP contribution in [0.1, 0.15) is 49.4 Å². The van der Waals surface area contributed by atoms with Crippen LogP contribution in [0.2, 0.25) is 0 Å². The smallest absolute Gasteiger partial charge is 0.293 e. The van der Waals surface area contributed by atoms with Gasteiger partial charge in [-0.2, -0.15) is 0 Å². The van der Waals surface area contributed by atoms with Crippen molar-refractivity contribution < 1.29 is 23.1 Å². The summed E-state index contributed by atoms with van der Waals surface area (Å²) < 4.78 is 22.3. The van der Waals surface area contributed by atoms with E-state index in [-0.39, 0.29) is 17.2 Å². The lowest BCUT2D eigenvalue weighted by Crippen LogP contribution is -2.17. The van der Waals surface area contributed by atoms with Crippen molar-refractivity contribution in [2.75, 3.05) is 0 Å². The summed E-state index contributed by atoms with van der Waals surface area (Å²) in [5.74, 6) is 0.0224. The van der Waals surface area contributed by atoms with Gasteiger partial charge in [-0.15, -0.1) is 0 Å². The predicted molar refractivity (Wildman–Crippen MR) is 84.8 cm³/mol. The quantitative estimate of drug-likeness (QED) is 0.626. The second-order valence-electron chi connectivity index (χ2n) is 5.96. The zero-order valence-corrected chi connectivity index (χ0v) is 13.8. The zero-order valence-electron chi connectivity index (χ0n) is 13.8. The van der Waals surface area contributed by atoms with Crippen LogP contribution in [0.15, 0.2) is 41.0 Å². The van der Waals surface area contributed by atoms with Crippen LogP contribution in [-0.2, 0) is 16.0 Å². The molecule has 0 radical (unpaired) electrons. The molecule has 0 unspecified atom stereocenters. The largest absolute Gasteiger partial charge is 0.462 e. The van der Waals surface area contributed by atoms with Crippen LogP contribution in [0.25, 0.3) is 0 Å². The molecule has 1 aromatic carbocycles. The highest BCUT2D eigenvalue weighted by Gasteiger charge is 2.11. The van der Waals surface area contributed by atoms with E-state index < -0.39 is 0 Å². The molecule has 0 fully saturated rings. The lowest BCUT2D eigenvalue weighted by molar-refractivity contribution is -0.138. The fourth-order valence-corrected chi connectivity index (χ4v) is 1.75. The number of benzene rings is 1. The first kappa shape index (κ1) is 18.6. The van der Waals surface area contributed by atoms with Gasteiger partial charge in [0.05, 0.1) is 6.26 Å². The normalized spacial score (nSPS) is 10.5. The third-order valence-electron chi connectivity index (χ3n) is 2.78. The van der Waals surface area contributed by atoms with Gasteiger partial charge >= 0.3 is 0 Å². The molecule has 0 N–H and O–H groups in total. The number of ether oxygens (including phenoxy) is 1. The summed E-state index contributed by atoms with van der Waals surface area (Å²) in [6, 6.07) is 7.98. The van der Waals surface area contributed by atoms with Crippen molar-refractivity contribution in [3.8, 4) is 0 Å². The Hall–Kier alpha value is -2.43. The van der Waals surface area contributed by atoms with Gasteiger partial charge in [0.2, 0.25) is 0 Å². The van der Waals surface area contributed by atoms with Crippen LogP contribution in [0.3, 0.4) is 0 Å². The molecule has 1 aromatic heterocycles. The van der Waals surface area contributed by atoms with Gasteiger partial charge in [0.1, 0.15) is 11.4 Å². The van der Waals surface area contributed by atoms with Gasteiger partial charge in [0, 0.05) is 18.9 Å². The van der Waals surface area contributed by atoms with Crippen LogP contribution in [0.4, 0.5) is 4.39 Å². The third kappa shape index (κ3) is 6.91. The van der Waals surface area contributed by atoms with Crippen molar-refractivity contribution in [1.82, 2.24) is 0 Å². The summed E-state index contributed by atoms with van der Waals surface area (Å²) in [5.41, 5.74) is 1.46. The Morgan fingerprint density at radius 3 is 2.26 bits per heavy atom. The number of Topliss-reactive ketones (excluding diaryl/α,β-unsaturated/α-hetero) is 1. The molecule has 0 amide bonds. The molecule has 0 aliphatic carbocycles. The number of carbonyl (C=O) groups excluding carboxylic acids is 2. The Morgan fingerprint density at radius 1 is 1.22 bits per heavy atom. The van der Waals surface area contributed by atoms with E-state index in [2.05, 4.69) is 4.74 Å². The first-order valence-corrected chi connectivity index (χ1v) is 7.16. The summed E-state index contributed by atoms with van der Waals surface area (Å²) in [6.45, 7) is 7.39. The molecule has 0 aliphatic rings. The molecule has 0 bridgehead atoms. The second-order valence-corrected chi connectivity index (χ2v) is 5.96. The molecule has 2 aromatic rings. The number of hydrogen-bond acceptors (Lipinski definition) is 4. The number of ketones is 1. The van der Waals surface area contributed by atoms with E-state index in [1.165, 1.54) is 25.3 Å². The van der Waals surface area contributed by atoms with Crippen LogP contribution in [-0.4, -0.2) is 17.9 Å². The molecular weight excluding hydrogens is 299 g/mol. The van der Waals surface area contributed by atoms with Gasteiger partial charge in [-0.1, -0.05) is 12.1 Å². The number of carbonyl (C=O) groups is 2. The van der Waals surface area contributed by atoms with Gasteiger partial charge in [-0.05, 0) is 44.5 Å². The molecule has 124 valence electrons. The summed E-state index contributed by atoms with van der Waals surface area (Å²) in [7, 11) is 0. The van der Waals surface area contributed by atoms with E-state index in [0.717, 1.165) is 11.1 Å². The minimum Gasteiger partial charge on any atom is -0.462 e. The zero-order chi connectivity index (χ0) is 17.5. The number of rotatable bonds is 4. The third-order valence-corrected chi connectivity index (χ3v) is 2.78. The van der Waals surface area contributed by atoms with Crippen LogP contribution in [0.5, 0.6) is 0 Å². The van der Waals surface area contributed by atoms with Crippen molar-refractivity contribution in [3.63, 3.8) is 0 Å². The molecule has 1 heterocycles. The van der Waals surface area contributed by atoms with Gasteiger partial charge < -0.3 is 9.15 Å². The summed E-state index contributed by atoms with van der Waals surface area (Å²) >= 11 is 0. The van der Waals surface area contributed by atoms with Crippen molar-refractivity contribution >= 4 is 12.3 Å². The van der Waals surface area contributed by atoms with Crippen molar-refractivity contribution in [1.29, 1.82) is 0 Å². The minimum absolute atomic E-state index is 0.0953. The lowest BCUT2D eigenvalue weighted by atomic mass is 10.0. The molecule has 0 atom stereocenters. The average Bonchev–Trinajstić information content (AvgIpc) is 2.89. The molecule has 5 heteroatoms. The van der Waals surface area contributed by atoms with E-state index in [0.29, 0.717) is 18.7 Å². The van der Waals surface area contributed by atoms with Gasteiger partial charge in [-0.3, -0.25) is 9.59 Å². The highest BCUT2D eigenvalue weighted by Crippen LogP contribution is 2.16. The maximum atomic E-state index is 12.7. The van der Waals surface area contributed by atoms with Gasteiger partial charge in [-0.25, -0.2) is 4.39 Å². The minimum atomic E-state index is -0.318. The predicted octanol–water partition coefficient (Wildman–Crippen LogP) is 4.17. The maximum absolute atomic E-state index is 12.7. The van der Waals surface area contributed by atoms with E-state index >= 15 is 0 Å². The van der Waals surface area contributed by atoms with Crippen molar-refractivity contribution in [2.24, 2.45) is 0 Å². The highest BCUT2D eigenvalue weighted by molar-refractivity contribution is 5.92. The Morgan fingerprint density at radius 2 is 1.83 bits per heavy atom. The van der Waals surface area contributed by atoms with Crippen molar-refractivity contribution in [2.45, 2.75) is 39.7 Å². The standard InChI is InChI=1S/C13H11FO2.C5H10O2/c1-9(15)13-11(6-7-16-13)8-10-2-4-12(14)5-3-10;1-5(2,3)7-4-6/h2-7H,8H2,1H3;4H,1-3H3. The fourth-order valence-electron chi connectivity index (χ4n) is 1.75. The Kier molecular flexibility index (Phi) is 6.69. The van der Waals surface area contributed by atoms with E-state index in [1.807, 2.05) is 20.8 Å². The average molecular weight is 320 g/mol. The van der Waals surface area contributed by atoms with E-state index in [1.54, 1.807) is 18.2 Å². The first-order chi connectivity index (χ1) is 10.7. The molecule has 0 saturated heterocycles. The Bertz CT molecular complexity index is 636. The molecular formula is C18H21FO4. The fraction of sp³-hybridized carbons (Fsp3) is 0.333. The summed E-state index contributed by atoms with van der Waals surface area (Å²) in [4.78, 5) is 20.8. The summed E-state index contributed by atoms with van der Waals surface area (Å²) in [6.07, 6.45) is 2.07. The molecule has 0 aliphatic heterocycles. The molecule has 0 spiro atoms. The van der Waals surface area contributed by atoms with Crippen LogP contribution >= 0.6 is 0 Å². The molecule has 23 heavy (non-hydrogen) atoms. The van der Waals surface area contributed by atoms with E-state index in [9.17, 15) is 14.0 Å². The number of furan rings is 1. The summed E-state index contributed by atoms with van der Waals surface area (Å²) in [5, 5.41) is 0. The molecule has 4 nitrogen and oxygen atoms in total. The van der Waals surface area contributed by atoms with Crippen molar-refractivity contribution in [3.05, 3.63) is 59.3 Å². The SMILES string of the molecule is CC(=O)c1occc1Cc1ccc(F)cc1.CC(C)(C)OC=O. The monoisotopic (exact) mass is 320 g/mol. The van der Waals surface area contributed by atoms with Crippen LogP contribution in [0, 0.1) is 5.82 Å². The second kappa shape index (κ2) is 8.27. The van der Waals surface area contributed by atoms with Gasteiger partial charge in [0.25, 0.3) is 6.47 Å². The maximum Gasteiger partial charge on any atom is 0.293 e. The lowest BCUT2D eigenvalue weighted by Gasteiger charge is -2.14. The number of halogens is 1. The number of hydrogen-bond donors (Lipinski definition) is 0. The highest BCUT2D eigenvalue weighted by atomic mass is 19.1. The Balaban J connectivity index is 0.000000322.